The van der Waals surface area contributed by atoms with Crippen LogP contribution < -0.4 is 0 Å². The average Bonchev–Trinajstić information content (AvgIpc) is 2.21. The monoisotopic (exact) mass is 249 g/mol. The third-order valence-corrected chi connectivity index (χ3v) is 3.34. The van der Waals surface area contributed by atoms with Gasteiger partial charge in [0.05, 0.1) is 5.75 Å². The first kappa shape index (κ1) is 13.1. The maximum absolute atomic E-state index is 11.4. The number of carbonyl (C=O) groups excluding carboxylic acids is 2. The number of rotatable bonds is 5. The van der Waals surface area contributed by atoms with E-state index in [1.807, 2.05) is 6.92 Å². The minimum absolute atomic E-state index is 0.148. The van der Waals surface area contributed by atoms with E-state index in [9.17, 15) is 18.0 Å². The topological polar surface area (TPSA) is 80.8 Å². The van der Waals surface area contributed by atoms with E-state index in [0.29, 0.717) is 24.3 Å². The van der Waals surface area contributed by atoms with E-state index < -0.39 is 21.9 Å². The minimum atomic E-state index is -3.82. The molecule has 6 nitrogen and oxygen atoms in total. The number of nitrogens with zero attached hydrogens (tertiary/aromatic N) is 1. The maximum atomic E-state index is 11.4. The zero-order chi connectivity index (χ0) is 12.2. The molecule has 1 fully saturated rings. The molecule has 0 radical (unpaired) electrons. The van der Waals surface area contributed by atoms with Gasteiger partial charge in [0, 0.05) is 12.8 Å². The summed E-state index contributed by atoms with van der Waals surface area (Å²) in [5, 5.41) is 0.383. The SMILES string of the molecule is CCCCS(=O)(=O)ON1C(=O)CCCC1=O. The molecule has 7 heteroatoms. The van der Waals surface area contributed by atoms with Gasteiger partial charge in [0.15, 0.2) is 0 Å². The Hall–Kier alpha value is -0.950. The van der Waals surface area contributed by atoms with Crippen molar-refractivity contribution in [2.45, 2.75) is 39.0 Å². The van der Waals surface area contributed by atoms with E-state index in [1.54, 1.807) is 0 Å². The Balaban J connectivity index is 2.64. The molecule has 1 rings (SSSR count). The number of hydroxylamine groups is 2. The van der Waals surface area contributed by atoms with Crippen LogP contribution in [0.25, 0.3) is 0 Å². The van der Waals surface area contributed by atoms with Crippen molar-refractivity contribution < 1.29 is 22.3 Å². The third-order valence-electron chi connectivity index (χ3n) is 2.17. The molecule has 16 heavy (non-hydrogen) atoms. The maximum Gasteiger partial charge on any atom is 0.288 e. The van der Waals surface area contributed by atoms with Crippen LogP contribution in [0.2, 0.25) is 0 Å². The van der Waals surface area contributed by atoms with Gasteiger partial charge in [-0.15, -0.1) is 9.35 Å². The van der Waals surface area contributed by atoms with Gasteiger partial charge in [0.2, 0.25) is 0 Å². The minimum Gasteiger partial charge on any atom is -0.272 e. The van der Waals surface area contributed by atoms with Gasteiger partial charge in [0.1, 0.15) is 0 Å². The lowest BCUT2D eigenvalue weighted by Crippen LogP contribution is -2.41. The summed E-state index contributed by atoms with van der Waals surface area (Å²) < 4.78 is 27.3. The lowest BCUT2D eigenvalue weighted by Gasteiger charge is -2.22. The van der Waals surface area contributed by atoms with Gasteiger partial charge < -0.3 is 0 Å². The molecule has 92 valence electrons. The fourth-order valence-electron chi connectivity index (χ4n) is 1.29. The van der Waals surface area contributed by atoms with Crippen molar-refractivity contribution in [2.75, 3.05) is 5.75 Å². The average molecular weight is 249 g/mol. The van der Waals surface area contributed by atoms with Crippen LogP contribution in [0.4, 0.5) is 0 Å². The highest BCUT2D eigenvalue weighted by atomic mass is 32.2. The Bertz CT molecular complexity index is 359. The molecule has 0 aromatic heterocycles. The van der Waals surface area contributed by atoms with Gasteiger partial charge in [0.25, 0.3) is 21.9 Å². The van der Waals surface area contributed by atoms with E-state index in [0.717, 1.165) is 0 Å². The summed E-state index contributed by atoms with van der Waals surface area (Å²) in [6, 6.07) is 0. The van der Waals surface area contributed by atoms with Crippen molar-refractivity contribution in [2.24, 2.45) is 0 Å². The van der Waals surface area contributed by atoms with Crippen LogP contribution in [0.15, 0.2) is 0 Å². The molecule has 0 saturated carbocycles. The summed E-state index contributed by atoms with van der Waals surface area (Å²) in [5.41, 5.74) is 0. The van der Waals surface area contributed by atoms with Gasteiger partial charge in [-0.05, 0) is 12.8 Å². The molecule has 0 bridgehead atoms. The normalized spacial score (nSPS) is 17.9. The molecule has 0 N–H and O–H groups in total. The van der Waals surface area contributed by atoms with Crippen LogP contribution >= 0.6 is 0 Å². The molecule has 1 heterocycles. The van der Waals surface area contributed by atoms with Crippen LogP contribution in [-0.4, -0.2) is 31.0 Å². The number of hydrogen-bond donors (Lipinski definition) is 0. The number of carbonyl (C=O) groups is 2. The second-order valence-electron chi connectivity index (χ2n) is 3.63. The van der Waals surface area contributed by atoms with Crippen molar-refractivity contribution in [1.82, 2.24) is 5.06 Å². The van der Waals surface area contributed by atoms with Crippen molar-refractivity contribution in [1.29, 1.82) is 0 Å². The first-order valence-corrected chi connectivity index (χ1v) is 6.82. The van der Waals surface area contributed by atoms with Gasteiger partial charge in [-0.1, -0.05) is 13.3 Å². The molecule has 0 aliphatic carbocycles. The molecule has 2 amide bonds. The molecule has 1 aliphatic rings. The number of unbranched alkanes of at least 4 members (excludes halogenated alkanes) is 1. The van der Waals surface area contributed by atoms with Crippen LogP contribution in [0.5, 0.6) is 0 Å². The number of piperidine rings is 1. The molecule has 0 spiro atoms. The van der Waals surface area contributed by atoms with Gasteiger partial charge in [-0.2, -0.15) is 8.42 Å². The smallest absolute Gasteiger partial charge is 0.272 e. The summed E-state index contributed by atoms with van der Waals surface area (Å²) in [6.45, 7) is 1.84. The lowest BCUT2D eigenvalue weighted by atomic mass is 10.1. The van der Waals surface area contributed by atoms with Crippen LogP contribution in [0.3, 0.4) is 0 Å². The summed E-state index contributed by atoms with van der Waals surface area (Å²) in [4.78, 5) is 22.5. The Labute approximate surface area is 94.6 Å². The molecule has 0 atom stereocenters. The molecular formula is C9H15NO5S. The van der Waals surface area contributed by atoms with Gasteiger partial charge >= 0.3 is 0 Å². The van der Waals surface area contributed by atoms with Gasteiger partial charge in [-0.3, -0.25) is 9.59 Å². The van der Waals surface area contributed by atoms with Crippen LogP contribution in [0.1, 0.15) is 39.0 Å². The van der Waals surface area contributed by atoms with Crippen LogP contribution in [0, 0.1) is 0 Å². The summed E-state index contributed by atoms with van der Waals surface area (Å²) in [5.74, 6) is -1.35. The lowest BCUT2D eigenvalue weighted by molar-refractivity contribution is -0.175. The molecule has 0 unspecified atom stereocenters. The Kier molecular flexibility index (Phi) is 4.43. The van der Waals surface area contributed by atoms with Crippen molar-refractivity contribution >= 4 is 21.9 Å². The first-order valence-electron chi connectivity index (χ1n) is 5.24. The molecule has 0 aromatic carbocycles. The fraction of sp³-hybridized carbons (Fsp3) is 0.778. The van der Waals surface area contributed by atoms with E-state index in [4.69, 9.17) is 0 Å². The highest BCUT2D eigenvalue weighted by Gasteiger charge is 2.31. The Morgan fingerprint density at radius 3 is 2.31 bits per heavy atom. The number of imide groups is 1. The second kappa shape index (κ2) is 5.40. The van der Waals surface area contributed by atoms with Crippen molar-refractivity contribution in [3.05, 3.63) is 0 Å². The molecule has 1 saturated heterocycles. The number of hydrogen-bond acceptors (Lipinski definition) is 5. The first-order chi connectivity index (χ1) is 7.46. The molecule has 0 aromatic rings. The third kappa shape index (κ3) is 3.57. The molecule has 1 aliphatic heterocycles. The van der Waals surface area contributed by atoms with Gasteiger partial charge in [-0.25, -0.2) is 0 Å². The largest absolute Gasteiger partial charge is 0.288 e. The highest BCUT2D eigenvalue weighted by Crippen LogP contribution is 2.15. The standard InChI is InChI=1S/C9H15NO5S/c1-2-3-7-16(13,14)15-10-8(11)5-4-6-9(10)12/h2-7H2,1H3. The van der Waals surface area contributed by atoms with E-state index >= 15 is 0 Å². The second-order valence-corrected chi connectivity index (χ2v) is 5.30. The van der Waals surface area contributed by atoms with Crippen LogP contribution in [-0.2, 0) is 24.0 Å². The molecular weight excluding hydrogens is 234 g/mol. The van der Waals surface area contributed by atoms with Crippen molar-refractivity contribution in [3.63, 3.8) is 0 Å². The quantitative estimate of drug-likeness (QED) is 0.666. The van der Waals surface area contributed by atoms with Crippen molar-refractivity contribution in [3.8, 4) is 0 Å². The summed E-state index contributed by atoms with van der Waals surface area (Å²) >= 11 is 0. The van der Waals surface area contributed by atoms with E-state index in [2.05, 4.69) is 4.28 Å². The number of amides is 2. The predicted octanol–water partition coefficient (Wildman–Crippen LogP) is 0.587. The Morgan fingerprint density at radius 2 is 1.81 bits per heavy atom. The highest BCUT2D eigenvalue weighted by molar-refractivity contribution is 7.86. The van der Waals surface area contributed by atoms with E-state index in [1.165, 1.54) is 0 Å². The Morgan fingerprint density at radius 1 is 1.25 bits per heavy atom. The summed E-state index contributed by atoms with van der Waals surface area (Å²) in [7, 11) is -3.82. The van der Waals surface area contributed by atoms with E-state index in [-0.39, 0.29) is 18.6 Å². The summed E-state index contributed by atoms with van der Waals surface area (Å²) in [6.07, 6.45) is 1.89. The fourth-order valence-corrected chi connectivity index (χ4v) is 2.40. The predicted molar refractivity (Wildman–Crippen MR) is 55.5 cm³/mol. The zero-order valence-corrected chi connectivity index (χ0v) is 9.96. The zero-order valence-electron chi connectivity index (χ0n) is 9.14.